The SMILES string of the molecule is O=c1cc(-c2ccccc2)nc2nc(C(F)(F)F)[nH]n12. The molecule has 0 saturated carbocycles. The Kier molecular flexibility index (Phi) is 2.60. The molecule has 3 rings (SSSR count). The van der Waals surface area contributed by atoms with Crippen molar-refractivity contribution in [1.82, 2.24) is 19.6 Å². The summed E-state index contributed by atoms with van der Waals surface area (Å²) in [6.45, 7) is 0. The molecule has 0 aliphatic rings. The lowest BCUT2D eigenvalue weighted by molar-refractivity contribution is -0.144. The molecule has 5 nitrogen and oxygen atoms in total. The molecule has 1 aromatic carbocycles. The normalized spacial score (nSPS) is 11.9. The maximum atomic E-state index is 12.5. The van der Waals surface area contributed by atoms with Crippen LogP contribution in [0.15, 0.2) is 41.2 Å². The van der Waals surface area contributed by atoms with Crippen LogP contribution in [0.1, 0.15) is 5.82 Å². The third-order valence-corrected chi connectivity index (χ3v) is 2.67. The van der Waals surface area contributed by atoms with Gasteiger partial charge in [0.05, 0.1) is 5.69 Å². The fourth-order valence-corrected chi connectivity index (χ4v) is 1.76. The second-order valence-electron chi connectivity index (χ2n) is 4.05. The van der Waals surface area contributed by atoms with Crippen molar-refractivity contribution in [3.8, 4) is 11.3 Å². The Hall–Kier alpha value is -2.64. The topological polar surface area (TPSA) is 63.0 Å². The van der Waals surface area contributed by atoms with Gasteiger partial charge >= 0.3 is 6.18 Å². The number of rotatable bonds is 1. The number of aromatic amines is 1. The molecule has 0 amide bonds. The number of hydrogen-bond acceptors (Lipinski definition) is 3. The van der Waals surface area contributed by atoms with Crippen molar-refractivity contribution < 1.29 is 13.2 Å². The van der Waals surface area contributed by atoms with Gasteiger partial charge in [0, 0.05) is 11.6 Å². The lowest BCUT2D eigenvalue weighted by Crippen LogP contribution is -2.15. The van der Waals surface area contributed by atoms with Crippen LogP contribution in [0.2, 0.25) is 0 Å². The van der Waals surface area contributed by atoms with Crippen LogP contribution in [0.4, 0.5) is 13.2 Å². The summed E-state index contributed by atoms with van der Waals surface area (Å²) in [4.78, 5) is 19.1. The molecule has 102 valence electrons. The second-order valence-corrected chi connectivity index (χ2v) is 4.05. The van der Waals surface area contributed by atoms with Gasteiger partial charge in [-0.2, -0.15) is 22.7 Å². The van der Waals surface area contributed by atoms with E-state index >= 15 is 0 Å². The third-order valence-electron chi connectivity index (χ3n) is 2.67. The van der Waals surface area contributed by atoms with Crippen LogP contribution in [0, 0.1) is 0 Å². The molecule has 1 N–H and O–H groups in total. The molecule has 0 aliphatic carbocycles. The molecule has 0 unspecified atom stereocenters. The van der Waals surface area contributed by atoms with E-state index in [1.165, 1.54) is 0 Å². The summed E-state index contributed by atoms with van der Waals surface area (Å²) in [5, 5.41) is 1.89. The number of H-pyrrole nitrogens is 1. The smallest absolute Gasteiger partial charge is 0.267 e. The highest BCUT2D eigenvalue weighted by molar-refractivity contribution is 5.60. The molecular formula is C12H7F3N4O. The van der Waals surface area contributed by atoms with Gasteiger partial charge < -0.3 is 0 Å². The van der Waals surface area contributed by atoms with Gasteiger partial charge in [-0.05, 0) is 0 Å². The fraction of sp³-hybridized carbons (Fsp3) is 0.0833. The molecule has 0 spiro atoms. The molecule has 8 heteroatoms. The van der Waals surface area contributed by atoms with Gasteiger partial charge in [-0.25, -0.2) is 4.98 Å². The van der Waals surface area contributed by atoms with E-state index in [4.69, 9.17) is 0 Å². The van der Waals surface area contributed by atoms with Crippen molar-refractivity contribution in [2.24, 2.45) is 0 Å². The number of halogens is 3. The maximum absolute atomic E-state index is 12.5. The average Bonchev–Trinajstić information content (AvgIpc) is 2.84. The maximum Gasteiger partial charge on any atom is 0.451 e. The first-order valence-corrected chi connectivity index (χ1v) is 5.57. The van der Waals surface area contributed by atoms with Crippen LogP contribution in [0.5, 0.6) is 0 Å². The average molecular weight is 280 g/mol. The van der Waals surface area contributed by atoms with E-state index in [1.807, 2.05) is 5.10 Å². The zero-order valence-electron chi connectivity index (χ0n) is 9.85. The summed E-state index contributed by atoms with van der Waals surface area (Å²) in [5.74, 6) is -1.57. The monoisotopic (exact) mass is 280 g/mol. The van der Waals surface area contributed by atoms with Crippen LogP contribution in [0.3, 0.4) is 0 Å². The van der Waals surface area contributed by atoms with Gasteiger partial charge in [-0.1, -0.05) is 30.3 Å². The van der Waals surface area contributed by atoms with E-state index in [2.05, 4.69) is 9.97 Å². The molecule has 0 saturated heterocycles. The van der Waals surface area contributed by atoms with E-state index < -0.39 is 17.6 Å². The van der Waals surface area contributed by atoms with Crippen molar-refractivity contribution in [2.75, 3.05) is 0 Å². The number of hydrogen-bond donors (Lipinski definition) is 1. The summed E-state index contributed by atoms with van der Waals surface area (Å²) in [6.07, 6.45) is -4.66. The third kappa shape index (κ3) is 2.04. The predicted molar refractivity (Wildman–Crippen MR) is 64.0 cm³/mol. The van der Waals surface area contributed by atoms with E-state index in [0.717, 1.165) is 6.07 Å². The van der Waals surface area contributed by atoms with Gasteiger partial charge in [0.15, 0.2) is 0 Å². The first-order valence-electron chi connectivity index (χ1n) is 5.57. The van der Waals surface area contributed by atoms with Gasteiger partial charge in [-0.3, -0.25) is 9.89 Å². The van der Waals surface area contributed by atoms with Crippen molar-refractivity contribution >= 4 is 5.78 Å². The molecule has 0 fully saturated rings. The molecule has 2 aromatic heterocycles. The van der Waals surface area contributed by atoms with Crippen LogP contribution in [-0.4, -0.2) is 19.6 Å². The first kappa shape index (κ1) is 12.4. The highest BCUT2D eigenvalue weighted by atomic mass is 19.4. The van der Waals surface area contributed by atoms with Crippen LogP contribution in [-0.2, 0) is 6.18 Å². The Labute approximate surface area is 109 Å². The lowest BCUT2D eigenvalue weighted by Gasteiger charge is -1.99. The minimum atomic E-state index is -4.66. The standard InChI is InChI=1S/C12H7F3N4O/c13-12(14,15)10-17-11-16-8(6-9(20)19(11)18-10)7-4-2-1-3-5-7/h1-6H,(H,16,17,18). The van der Waals surface area contributed by atoms with E-state index in [1.54, 1.807) is 30.3 Å². The molecule has 3 aromatic rings. The summed E-state index contributed by atoms with van der Waals surface area (Å²) in [5.41, 5.74) is 0.247. The van der Waals surface area contributed by atoms with Crippen LogP contribution in [0.25, 0.3) is 17.0 Å². The van der Waals surface area contributed by atoms with Crippen LogP contribution >= 0.6 is 0 Å². The van der Waals surface area contributed by atoms with Crippen LogP contribution < -0.4 is 5.56 Å². The Morgan fingerprint density at radius 2 is 1.80 bits per heavy atom. The quantitative estimate of drug-likeness (QED) is 0.742. The molecule has 0 atom stereocenters. The summed E-state index contributed by atoms with van der Waals surface area (Å²) < 4.78 is 38.3. The molecule has 0 radical (unpaired) electrons. The fourth-order valence-electron chi connectivity index (χ4n) is 1.76. The highest BCUT2D eigenvalue weighted by Gasteiger charge is 2.35. The molecular weight excluding hydrogens is 273 g/mol. The number of benzene rings is 1. The second kappa shape index (κ2) is 4.19. The number of alkyl halides is 3. The minimum absolute atomic E-state index is 0.274. The summed E-state index contributed by atoms with van der Waals surface area (Å²) >= 11 is 0. The molecule has 2 heterocycles. The summed E-state index contributed by atoms with van der Waals surface area (Å²) in [7, 11) is 0. The van der Waals surface area contributed by atoms with E-state index in [-0.39, 0.29) is 11.5 Å². The van der Waals surface area contributed by atoms with Gasteiger partial charge in [0.25, 0.3) is 11.3 Å². The minimum Gasteiger partial charge on any atom is -0.267 e. The molecule has 0 aliphatic heterocycles. The first-order chi connectivity index (χ1) is 9.45. The largest absolute Gasteiger partial charge is 0.451 e. The molecule has 20 heavy (non-hydrogen) atoms. The van der Waals surface area contributed by atoms with Gasteiger partial charge in [-0.15, -0.1) is 0 Å². The highest BCUT2D eigenvalue weighted by Crippen LogP contribution is 2.26. The van der Waals surface area contributed by atoms with E-state index in [0.29, 0.717) is 10.1 Å². The van der Waals surface area contributed by atoms with Gasteiger partial charge in [0.1, 0.15) is 0 Å². The zero-order chi connectivity index (χ0) is 14.3. The lowest BCUT2D eigenvalue weighted by atomic mass is 10.1. The summed E-state index contributed by atoms with van der Waals surface area (Å²) in [6, 6.07) is 9.83. The Morgan fingerprint density at radius 3 is 2.45 bits per heavy atom. The Bertz CT molecular complexity index is 820. The van der Waals surface area contributed by atoms with Crippen molar-refractivity contribution in [3.05, 3.63) is 52.6 Å². The van der Waals surface area contributed by atoms with Crippen molar-refractivity contribution in [3.63, 3.8) is 0 Å². The van der Waals surface area contributed by atoms with Crippen molar-refractivity contribution in [2.45, 2.75) is 6.18 Å². The number of aromatic nitrogens is 4. The number of nitrogens with one attached hydrogen (secondary N) is 1. The Balaban J connectivity index is 2.22. The number of nitrogens with zero attached hydrogens (tertiary/aromatic N) is 3. The number of fused-ring (bicyclic) bond motifs is 1. The zero-order valence-corrected chi connectivity index (χ0v) is 9.85. The van der Waals surface area contributed by atoms with Crippen molar-refractivity contribution in [1.29, 1.82) is 0 Å². The Morgan fingerprint density at radius 1 is 1.10 bits per heavy atom. The van der Waals surface area contributed by atoms with E-state index in [9.17, 15) is 18.0 Å². The molecule has 0 bridgehead atoms. The van der Waals surface area contributed by atoms with Gasteiger partial charge in [0.2, 0.25) is 5.82 Å². The predicted octanol–water partition coefficient (Wildman–Crippen LogP) is 2.10.